The van der Waals surface area contributed by atoms with Crippen LogP contribution in [-0.2, 0) is 0 Å². The normalized spacial score (nSPS) is 10.3. The van der Waals surface area contributed by atoms with Crippen molar-refractivity contribution >= 4 is 16.7 Å². The molecule has 0 unspecified atom stereocenters. The number of hydrogen-bond donors (Lipinski definition) is 2. The summed E-state index contributed by atoms with van der Waals surface area (Å²) < 4.78 is 4.96. The fourth-order valence-electron chi connectivity index (χ4n) is 1.43. The number of amides is 1. The number of benzene rings is 1. The van der Waals surface area contributed by atoms with Crippen LogP contribution in [-0.4, -0.2) is 18.0 Å². The molecule has 0 bridgehead atoms. The first-order valence-electron chi connectivity index (χ1n) is 4.54. The number of nitrogens with two attached hydrogens (primary N) is 1. The second-order valence-corrected chi connectivity index (χ2v) is 3.25. The van der Waals surface area contributed by atoms with E-state index in [0.29, 0.717) is 16.5 Å². The maximum absolute atomic E-state index is 11.6. The molecule has 0 aliphatic heterocycles. The highest BCUT2D eigenvalue weighted by Gasteiger charge is 2.06. The van der Waals surface area contributed by atoms with Crippen molar-refractivity contribution in [3.05, 3.63) is 40.3 Å². The van der Waals surface area contributed by atoms with E-state index < -0.39 is 5.91 Å². The summed E-state index contributed by atoms with van der Waals surface area (Å²) in [5, 5.41) is 1.03. The number of aromatic amines is 1. The van der Waals surface area contributed by atoms with E-state index in [9.17, 15) is 9.59 Å². The van der Waals surface area contributed by atoms with Crippen LogP contribution < -0.4 is 16.0 Å². The Morgan fingerprint density at radius 2 is 2.25 bits per heavy atom. The van der Waals surface area contributed by atoms with E-state index in [-0.39, 0.29) is 11.3 Å². The minimum Gasteiger partial charge on any atom is -0.496 e. The number of fused-ring (bicyclic) bond motifs is 1. The predicted octanol–water partition coefficient (Wildman–Crippen LogP) is 0.436. The van der Waals surface area contributed by atoms with Crippen molar-refractivity contribution in [2.75, 3.05) is 7.11 Å². The molecule has 81 valence electrons. The van der Waals surface area contributed by atoms with E-state index in [2.05, 4.69) is 11.1 Å². The highest BCUT2D eigenvalue weighted by Crippen LogP contribution is 2.17. The van der Waals surface area contributed by atoms with Crippen LogP contribution in [0.2, 0.25) is 0 Å². The molecule has 0 aliphatic carbocycles. The number of nitrogens with one attached hydrogen (secondary N) is 1. The Kier molecular flexibility index (Phi) is 2.36. The van der Waals surface area contributed by atoms with Gasteiger partial charge in [0.25, 0.3) is 11.5 Å². The number of rotatable bonds is 2. The van der Waals surface area contributed by atoms with E-state index in [1.807, 2.05) is 0 Å². The molecule has 1 aromatic heterocycles. The zero-order valence-electron chi connectivity index (χ0n) is 8.53. The lowest BCUT2D eigenvalue weighted by Gasteiger charge is -2.02. The Bertz CT molecular complexity index is 616. The average Bonchev–Trinajstić information content (AvgIpc) is 2.28. The number of aromatic nitrogens is 1. The van der Waals surface area contributed by atoms with Crippen LogP contribution in [0, 0.1) is 6.07 Å². The molecule has 0 spiro atoms. The van der Waals surface area contributed by atoms with Gasteiger partial charge in [-0.05, 0) is 23.6 Å². The SMILES string of the molecule is COc1[c]cc2cc(C(N)=O)[nH]c(=O)c2c1. The van der Waals surface area contributed by atoms with Crippen LogP contribution in [0.1, 0.15) is 10.5 Å². The number of ether oxygens (including phenoxy) is 1. The maximum atomic E-state index is 11.6. The highest BCUT2D eigenvalue weighted by atomic mass is 16.5. The number of hydrogen-bond acceptors (Lipinski definition) is 3. The Balaban J connectivity index is 2.76. The molecule has 5 heteroatoms. The van der Waals surface area contributed by atoms with E-state index >= 15 is 0 Å². The molecular weight excluding hydrogens is 208 g/mol. The summed E-state index contributed by atoms with van der Waals surface area (Å²) in [6, 6.07) is 7.47. The summed E-state index contributed by atoms with van der Waals surface area (Å²) in [7, 11) is 1.49. The van der Waals surface area contributed by atoms with Crippen molar-refractivity contribution in [3.63, 3.8) is 0 Å². The molecule has 0 saturated heterocycles. The van der Waals surface area contributed by atoms with Gasteiger partial charge in [-0.2, -0.15) is 0 Å². The fourth-order valence-corrected chi connectivity index (χ4v) is 1.43. The molecule has 0 saturated carbocycles. The maximum Gasteiger partial charge on any atom is 0.265 e. The van der Waals surface area contributed by atoms with Gasteiger partial charge in [0.2, 0.25) is 0 Å². The minimum atomic E-state index is -0.671. The molecule has 3 N–H and O–H groups in total. The number of carbonyl (C=O) groups excluding carboxylic acids is 1. The second-order valence-electron chi connectivity index (χ2n) is 3.25. The Morgan fingerprint density at radius 3 is 2.88 bits per heavy atom. The summed E-state index contributed by atoms with van der Waals surface area (Å²) in [5.74, 6) is -0.209. The molecule has 1 amide bonds. The Morgan fingerprint density at radius 1 is 1.50 bits per heavy atom. The quantitative estimate of drug-likeness (QED) is 0.765. The molecule has 0 aliphatic rings. The molecule has 1 heterocycles. The topological polar surface area (TPSA) is 85.2 Å². The molecule has 16 heavy (non-hydrogen) atoms. The number of pyridine rings is 1. The van der Waals surface area contributed by atoms with Crippen LogP contribution in [0.3, 0.4) is 0 Å². The standard InChI is InChI=1S/C11H9N2O3/c1-16-7-3-2-6-4-9(10(12)14)13-11(15)8(6)5-7/h2,4-5H,1H3,(H2,12,14)(H,13,15). The van der Waals surface area contributed by atoms with Crippen molar-refractivity contribution in [1.82, 2.24) is 4.98 Å². The second kappa shape index (κ2) is 3.69. The third-order valence-corrected chi connectivity index (χ3v) is 2.23. The van der Waals surface area contributed by atoms with E-state index in [4.69, 9.17) is 10.5 Å². The van der Waals surface area contributed by atoms with Gasteiger partial charge in [0.05, 0.1) is 12.5 Å². The van der Waals surface area contributed by atoms with Crippen molar-refractivity contribution in [3.8, 4) is 5.75 Å². The Hall–Kier alpha value is -2.30. The molecule has 1 radical (unpaired) electrons. The average molecular weight is 217 g/mol. The number of primary amides is 1. The number of carbonyl (C=O) groups is 1. The van der Waals surface area contributed by atoms with Gasteiger partial charge in [0, 0.05) is 6.07 Å². The van der Waals surface area contributed by atoms with Gasteiger partial charge in [-0.15, -0.1) is 0 Å². The van der Waals surface area contributed by atoms with Crippen LogP contribution in [0.25, 0.3) is 10.8 Å². The molecule has 5 nitrogen and oxygen atoms in total. The van der Waals surface area contributed by atoms with Crippen LogP contribution in [0.15, 0.2) is 23.0 Å². The van der Waals surface area contributed by atoms with Gasteiger partial charge in [0.1, 0.15) is 11.4 Å². The third-order valence-electron chi connectivity index (χ3n) is 2.23. The van der Waals surface area contributed by atoms with Crippen LogP contribution >= 0.6 is 0 Å². The lowest BCUT2D eigenvalue weighted by atomic mass is 10.1. The molecular formula is C11H9N2O3. The fraction of sp³-hybridized carbons (Fsp3) is 0.0909. The van der Waals surface area contributed by atoms with E-state index in [1.165, 1.54) is 13.2 Å². The lowest BCUT2D eigenvalue weighted by Crippen LogP contribution is -2.18. The van der Waals surface area contributed by atoms with Gasteiger partial charge in [-0.25, -0.2) is 0 Å². The number of H-pyrrole nitrogens is 1. The first-order chi connectivity index (χ1) is 7.61. The van der Waals surface area contributed by atoms with E-state index in [1.54, 1.807) is 12.1 Å². The van der Waals surface area contributed by atoms with Gasteiger partial charge in [-0.1, -0.05) is 0 Å². The van der Waals surface area contributed by atoms with Crippen molar-refractivity contribution in [1.29, 1.82) is 0 Å². The minimum absolute atomic E-state index is 0.0797. The summed E-state index contributed by atoms with van der Waals surface area (Å²) in [6.07, 6.45) is 0. The largest absolute Gasteiger partial charge is 0.496 e. The molecule has 1 aromatic carbocycles. The highest BCUT2D eigenvalue weighted by molar-refractivity contribution is 5.95. The zero-order valence-corrected chi connectivity index (χ0v) is 8.53. The number of methoxy groups -OCH3 is 1. The van der Waals surface area contributed by atoms with Crippen molar-refractivity contribution in [2.24, 2.45) is 5.73 Å². The Labute approximate surface area is 90.8 Å². The van der Waals surface area contributed by atoms with Gasteiger partial charge < -0.3 is 15.5 Å². The summed E-state index contributed by atoms with van der Waals surface area (Å²) in [5.41, 5.74) is 4.79. The van der Waals surface area contributed by atoms with Gasteiger partial charge >= 0.3 is 0 Å². The van der Waals surface area contributed by atoms with Crippen LogP contribution in [0.4, 0.5) is 0 Å². The first-order valence-corrected chi connectivity index (χ1v) is 4.54. The van der Waals surface area contributed by atoms with E-state index in [0.717, 1.165) is 0 Å². The summed E-state index contributed by atoms with van der Waals surface area (Å²) >= 11 is 0. The van der Waals surface area contributed by atoms with Gasteiger partial charge in [0.15, 0.2) is 0 Å². The summed E-state index contributed by atoms with van der Waals surface area (Å²) in [6.45, 7) is 0. The molecule has 0 fully saturated rings. The monoisotopic (exact) mass is 217 g/mol. The smallest absolute Gasteiger partial charge is 0.265 e. The molecule has 0 atom stereocenters. The zero-order chi connectivity index (χ0) is 11.7. The molecule has 2 rings (SSSR count). The first kappa shape index (κ1) is 10.2. The van der Waals surface area contributed by atoms with Crippen LogP contribution in [0.5, 0.6) is 5.75 Å². The van der Waals surface area contributed by atoms with Crippen molar-refractivity contribution < 1.29 is 9.53 Å². The van der Waals surface area contributed by atoms with Crippen molar-refractivity contribution in [2.45, 2.75) is 0 Å². The lowest BCUT2D eigenvalue weighted by molar-refractivity contribution is 0.0995. The summed E-state index contributed by atoms with van der Waals surface area (Å²) in [4.78, 5) is 25.0. The third kappa shape index (κ3) is 1.63. The predicted molar refractivity (Wildman–Crippen MR) is 58.5 cm³/mol. The van der Waals surface area contributed by atoms with Gasteiger partial charge in [-0.3, -0.25) is 9.59 Å². The molecule has 2 aromatic rings.